The van der Waals surface area contributed by atoms with Crippen molar-refractivity contribution in [1.29, 1.82) is 0 Å². The van der Waals surface area contributed by atoms with E-state index >= 15 is 0 Å². The highest BCUT2D eigenvalue weighted by Gasteiger charge is 2.16. The number of aryl methyl sites for hydroxylation is 1. The van der Waals surface area contributed by atoms with Gasteiger partial charge in [-0.15, -0.1) is 0 Å². The summed E-state index contributed by atoms with van der Waals surface area (Å²) in [7, 11) is 0. The highest BCUT2D eigenvalue weighted by atomic mass is 16.6. The number of carbonyl (C=O) groups excluding carboxylic acids is 1. The van der Waals surface area contributed by atoms with E-state index in [9.17, 15) is 4.79 Å². The maximum Gasteiger partial charge on any atom is 0.274 e. The number of fused-ring (bicyclic) bond motifs is 2. The first-order chi connectivity index (χ1) is 17.1. The average Bonchev–Trinajstić information content (AvgIpc) is 3.56. The van der Waals surface area contributed by atoms with E-state index in [0.29, 0.717) is 41.8 Å². The Morgan fingerprint density at radius 2 is 1.83 bits per heavy atom. The molecule has 2 aromatic carbocycles. The van der Waals surface area contributed by atoms with E-state index in [0.717, 1.165) is 28.3 Å². The number of ether oxygens (including phenoxy) is 2. The fraction of sp³-hybridized carbons (Fsp3) is 0.120. The molecule has 0 spiro atoms. The van der Waals surface area contributed by atoms with Crippen LogP contribution in [0.4, 0.5) is 17.1 Å². The minimum absolute atomic E-state index is 0.279. The quantitative estimate of drug-likeness (QED) is 0.388. The summed E-state index contributed by atoms with van der Waals surface area (Å²) in [6.45, 7) is 3.00. The average molecular weight is 468 g/mol. The van der Waals surface area contributed by atoms with Gasteiger partial charge in [0.15, 0.2) is 11.5 Å². The number of hydrogen-bond acceptors (Lipinski definition) is 8. The monoisotopic (exact) mass is 468 g/mol. The lowest BCUT2D eigenvalue weighted by atomic mass is 10.1. The SMILES string of the molecule is Cc1ccc(-c2ncon2)cc1NC(=O)c1cnc2cc(Nc3ccc4c(c3)OCCO4)ccn12. The van der Waals surface area contributed by atoms with E-state index in [4.69, 9.17) is 14.0 Å². The number of carbonyl (C=O) groups is 1. The summed E-state index contributed by atoms with van der Waals surface area (Å²) in [6.07, 6.45) is 4.62. The molecule has 5 aromatic rings. The number of aromatic nitrogens is 4. The number of nitrogens with zero attached hydrogens (tertiary/aromatic N) is 4. The number of nitrogens with one attached hydrogen (secondary N) is 2. The van der Waals surface area contributed by atoms with Crippen molar-refractivity contribution >= 4 is 28.6 Å². The van der Waals surface area contributed by atoms with Gasteiger partial charge in [0.05, 0.1) is 6.20 Å². The van der Waals surface area contributed by atoms with Crippen molar-refractivity contribution in [3.05, 3.63) is 78.6 Å². The van der Waals surface area contributed by atoms with Crippen molar-refractivity contribution in [2.45, 2.75) is 6.92 Å². The molecule has 1 amide bonds. The second kappa shape index (κ2) is 8.49. The van der Waals surface area contributed by atoms with Crippen LogP contribution in [0.2, 0.25) is 0 Å². The molecule has 0 bridgehead atoms. The maximum atomic E-state index is 13.1. The molecule has 10 nitrogen and oxygen atoms in total. The molecular formula is C25H20N6O4. The van der Waals surface area contributed by atoms with Gasteiger partial charge in [-0.25, -0.2) is 4.98 Å². The molecule has 3 aromatic heterocycles. The molecular weight excluding hydrogens is 448 g/mol. The van der Waals surface area contributed by atoms with Gasteiger partial charge in [-0.1, -0.05) is 17.3 Å². The third-order valence-electron chi connectivity index (χ3n) is 5.68. The molecule has 6 rings (SSSR count). The fourth-order valence-electron chi connectivity index (χ4n) is 3.89. The highest BCUT2D eigenvalue weighted by molar-refractivity contribution is 6.04. The Morgan fingerprint density at radius 1 is 0.971 bits per heavy atom. The summed E-state index contributed by atoms with van der Waals surface area (Å²) in [5.41, 5.74) is 5.04. The molecule has 35 heavy (non-hydrogen) atoms. The molecule has 0 unspecified atom stereocenters. The standard InChI is InChI=1S/C25H20N6O4/c1-15-2-3-16(24-27-14-35-30-24)10-19(15)29-25(32)20-13-26-23-12-18(6-7-31(20)23)28-17-4-5-21-22(11-17)34-9-8-33-21/h2-7,10-14,28H,8-9H2,1H3,(H,29,32). The first-order valence-electron chi connectivity index (χ1n) is 11.0. The number of benzene rings is 2. The summed E-state index contributed by atoms with van der Waals surface area (Å²) in [5.74, 6) is 1.62. The Hall–Kier alpha value is -4.86. The fourth-order valence-corrected chi connectivity index (χ4v) is 3.89. The number of hydrogen-bond donors (Lipinski definition) is 2. The van der Waals surface area contributed by atoms with Crippen molar-refractivity contribution in [1.82, 2.24) is 19.5 Å². The molecule has 0 saturated heterocycles. The molecule has 0 radical (unpaired) electrons. The van der Waals surface area contributed by atoms with E-state index in [1.54, 1.807) is 16.8 Å². The molecule has 0 atom stereocenters. The number of amides is 1. The minimum atomic E-state index is -0.279. The molecule has 4 heterocycles. The molecule has 1 aliphatic rings. The largest absolute Gasteiger partial charge is 0.486 e. The Kier molecular flexibility index (Phi) is 5.03. The summed E-state index contributed by atoms with van der Waals surface area (Å²) in [5, 5.41) is 10.2. The normalized spacial score (nSPS) is 12.5. The Balaban J connectivity index is 1.22. The summed E-state index contributed by atoms with van der Waals surface area (Å²) in [4.78, 5) is 21.6. The van der Waals surface area contributed by atoms with Crippen molar-refractivity contribution in [2.75, 3.05) is 23.8 Å². The van der Waals surface area contributed by atoms with E-state index in [1.807, 2.05) is 55.5 Å². The van der Waals surface area contributed by atoms with Gasteiger partial charge in [0, 0.05) is 41.0 Å². The number of anilines is 3. The topological polar surface area (TPSA) is 116 Å². The molecule has 174 valence electrons. The summed E-state index contributed by atoms with van der Waals surface area (Å²) in [6, 6.07) is 15.0. The second-order valence-electron chi connectivity index (χ2n) is 8.01. The molecule has 1 aliphatic heterocycles. The Morgan fingerprint density at radius 3 is 2.69 bits per heavy atom. The van der Waals surface area contributed by atoms with Gasteiger partial charge in [-0.2, -0.15) is 4.98 Å². The van der Waals surface area contributed by atoms with Crippen LogP contribution in [0.3, 0.4) is 0 Å². The maximum absolute atomic E-state index is 13.1. The first kappa shape index (κ1) is 20.7. The van der Waals surface area contributed by atoms with Crippen LogP contribution in [-0.4, -0.2) is 38.6 Å². The molecule has 10 heteroatoms. The molecule has 2 N–H and O–H groups in total. The molecule has 0 fully saturated rings. The van der Waals surface area contributed by atoms with E-state index < -0.39 is 0 Å². The van der Waals surface area contributed by atoms with Gasteiger partial charge in [0.1, 0.15) is 24.6 Å². The predicted octanol–water partition coefficient (Wildman–Crippen LogP) is 4.46. The highest BCUT2D eigenvalue weighted by Crippen LogP contribution is 2.33. The van der Waals surface area contributed by atoms with Crippen molar-refractivity contribution in [3.8, 4) is 22.9 Å². The Bertz CT molecular complexity index is 1540. The van der Waals surface area contributed by atoms with E-state index in [2.05, 4.69) is 25.8 Å². The van der Waals surface area contributed by atoms with Crippen LogP contribution in [0.1, 0.15) is 16.1 Å². The van der Waals surface area contributed by atoms with Crippen molar-refractivity contribution < 1.29 is 18.8 Å². The predicted molar refractivity (Wildman–Crippen MR) is 128 cm³/mol. The molecule has 0 saturated carbocycles. The van der Waals surface area contributed by atoms with Gasteiger partial charge < -0.3 is 24.6 Å². The number of rotatable bonds is 5. The van der Waals surface area contributed by atoms with Crippen LogP contribution in [0.15, 0.2) is 71.8 Å². The van der Waals surface area contributed by atoms with Crippen LogP contribution in [0.25, 0.3) is 17.0 Å². The number of pyridine rings is 1. The van der Waals surface area contributed by atoms with E-state index in [1.165, 1.54) is 6.39 Å². The van der Waals surface area contributed by atoms with Crippen molar-refractivity contribution in [3.63, 3.8) is 0 Å². The van der Waals surface area contributed by atoms with Crippen LogP contribution >= 0.6 is 0 Å². The van der Waals surface area contributed by atoms with Crippen LogP contribution in [0, 0.1) is 6.92 Å². The summed E-state index contributed by atoms with van der Waals surface area (Å²) < 4.78 is 17.8. The summed E-state index contributed by atoms with van der Waals surface area (Å²) >= 11 is 0. The van der Waals surface area contributed by atoms with Crippen LogP contribution in [-0.2, 0) is 0 Å². The number of imidazole rings is 1. The van der Waals surface area contributed by atoms with Crippen molar-refractivity contribution in [2.24, 2.45) is 0 Å². The van der Waals surface area contributed by atoms with Gasteiger partial charge in [0.2, 0.25) is 12.2 Å². The third-order valence-corrected chi connectivity index (χ3v) is 5.68. The molecule has 0 aliphatic carbocycles. The zero-order chi connectivity index (χ0) is 23.8. The zero-order valence-corrected chi connectivity index (χ0v) is 18.7. The lowest BCUT2D eigenvalue weighted by molar-refractivity contribution is 0.102. The Labute approximate surface area is 199 Å². The lowest BCUT2D eigenvalue weighted by Crippen LogP contribution is -2.15. The van der Waals surface area contributed by atoms with E-state index in [-0.39, 0.29) is 5.91 Å². The lowest BCUT2D eigenvalue weighted by Gasteiger charge is -2.19. The smallest absolute Gasteiger partial charge is 0.274 e. The van der Waals surface area contributed by atoms with Gasteiger partial charge >= 0.3 is 0 Å². The minimum Gasteiger partial charge on any atom is -0.486 e. The zero-order valence-electron chi connectivity index (χ0n) is 18.7. The first-order valence-corrected chi connectivity index (χ1v) is 11.0. The van der Waals surface area contributed by atoms with Gasteiger partial charge in [-0.3, -0.25) is 9.20 Å². The van der Waals surface area contributed by atoms with Crippen LogP contribution < -0.4 is 20.1 Å². The van der Waals surface area contributed by atoms with Gasteiger partial charge in [-0.05, 0) is 36.8 Å². The van der Waals surface area contributed by atoms with Gasteiger partial charge in [0.25, 0.3) is 5.91 Å². The third kappa shape index (κ3) is 4.01. The van der Waals surface area contributed by atoms with Crippen LogP contribution in [0.5, 0.6) is 11.5 Å². The second-order valence-corrected chi connectivity index (χ2v) is 8.01.